The summed E-state index contributed by atoms with van der Waals surface area (Å²) in [4.78, 5) is 12.4. The molecular formula is C16H24N4OS. The van der Waals surface area contributed by atoms with Gasteiger partial charge < -0.3 is 5.43 Å². The number of aromatic nitrogens is 3. The Hall–Kier alpha value is -1.82. The van der Waals surface area contributed by atoms with Gasteiger partial charge in [-0.1, -0.05) is 54.6 Å². The van der Waals surface area contributed by atoms with Gasteiger partial charge in [0, 0.05) is 13.5 Å². The third-order valence-corrected chi connectivity index (χ3v) is 3.87. The zero-order chi connectivity index (χ0) is 16.5. The average Bonchev–Trinajstić information content (AvgIpc) is 2.50. The lowest BCUT2D eigenvalue weighted by Gasteiger charge is -2.10. The molecule has 0 aliphatic heterocycles. The Kier molecular flexibility index (Phi) is 7.66. The molecule has 1 N–H and O–H groups in total. The summed E-state index contributed by atoms with van der Waals surface area (Å²) in [5.41, 5.74) is 5.24. The summed E-state index contributed by atoms with van der Waals surface area (Å²) in [5, 5.41) is 8.76. The molecule has 1 aromatic heterocycles. The predicted molar refractivity (Wildman–Crippen MR) is 94.0 cm³/mol. The summed E-state index contributed by atoms with van der Waals surface area (Å²) >= 11 is 1.47. The maximum atomic E-state index is 12.4. The van der Waals surface area contributed by atoms with E-state index < -0.39 is 0 Å². The third-order valence-electron chi connectivity index (χ3n) is 3.05. The van der Waals surface area contributed by atoms with Crippen LogP contribution in [0.4, 0.5) is 0 Å². The van der Waals surface area contributed by atoms with Crippen LogP contribution in [-0.4, -0.2) is 27.7 Å². The van der Waals surface area contributed by atoms with E-state index in [1.54, 1.807) is 7.05 Å². The molecule has 0 fully saturated rings. The normalized spacial score (nSPS) is 11.9. The summed E-state index contributed by atoms with van der Waals surface area (Å²) in [5.74, 6) is 0.830. The maximum Gasteiger partial charge on any atom is 0.295 e. The first kappa shape index (κ1) is 18.2. The van der Waals surface area contributed by atoms with Crippen LogP contribution in [0, 0.1) is 0 Å². The largest absolute Gasteiger partial charge is 0.324 e. The van der Waals surface area contributed by atoms with Crippen LogP contribution >= 0.6 is 11.8 Å². The molecule has 0 radical (unpaired) electrons. The second-order valence-electron chi connectivity index (χ2n) is 4.79. The molecule has 22 heavy (non-hydrogen) atoms. The van der Waals surface area contributed by atoms with Gasteiger partial charge in [0.15, 0.2) is 0 Å². The SMILES string of the molecule is C=C(C/C=C\C(C)=C/C)Cc1nnc(SCC)n(NC)c1=O. The molecular weight excluding hydrogens is 296 g/mol. The molecule has 0 aliphatic carbocycles. The number of allylic oxidation sites excluding steroid dienone is 5. The van der Waals surface area contributed by atoms with Crippen LogP contribution in [0.5, 0.6) is 0 Å². The molecule has 0 saturated heterocycles. The number of hydrogen-bond donors (Lipinski definition) is 1. The highest BCUT2D eigenvalue weighted by Gasteiger charge is 2.11. The molecule has 6 heteroatoms. The van der Waals surface area contributed by atoms with E-state index in [9.17, 15) is 4.79 Å². The fourth-order valence-electron chi connectivity index (χ4n) is 1.75. The molecule has 1 heterocycles. The van der Waals surface area contributed by atoms with Crippen molar-refractivity contribution in [3.63, 3.8) is 0 Å². The number of rotatable bonds is 8. The average molecular weight is 320 g/mol. The molecule has 0 spiro atoms. The van der Waals surface area contributed by atoms with Crippen molar-refractivity contribution in [2.45, 2.75) is 38.8 Å². The summed E-state index contributed by atoms with van der Waals surface area (Å²) < 4.78 is 1.43. The second kappa shape index (κ2) is 9.25. The lowest BCUT2D eigenvalue weighted by Crippen LogP contribution is -2.33. The van der Waals surface area contributed by atoms with Crippen LogP contribution < -0.4 is 11.0 Å². The van der Waals surface area contributed by atoms with Crippen molar-refractivity contribution in [3.05, 3.63) is 52.0 Å². The Labute approximate surface area is 136 Å². The molecule has 0 unspecified atom stereocenters. The van der Waals surface area contributed by atoms with Gasteiger partial charge in [0.25, 0.3) is 5.56 Å². The Balaban J connectivity index is 2.84. The van der Waals surface area contributed by atoms with E-state index in [1.807, 2.05) is 39.0 Å². The van der Waals surface area contributed by atoms with E-state index in [-0.39, 0.29) is 5.56 Å². The first-order valence-electron chi connectivity index (χ1n) is 7.28. The van der Waals surface area contributed by atoms with Crippen molar-refractivity contribution in [2.24, 2.45) is 0 Å². The Morgan fingerprint density at radius 1 is 1.45 bits per heavy atom. The summed E-state index contributed by atoms with van der Waals surface area (Å²) in [6.07, 6.45) is 7.29. The van der Waals surface area contributed by atoms with Gasteiger partial charge in [-0.25, -0.2) is 0 Å². The van der Waals surface area contributed by atoms with Gasteiger partial charge in [0.05, 0.1) is 0 Å². The van der Waals surface area contributed by atoms with E-state index in [0.29, 0.717) is 17.3 Å². The number of nitrogens with zero attached hydrogens (tertiary/aromatic N) is 3. The van der Waals surface area contributed by atoms with Crippen LogP contribution in [0.2, 0.25) is 0 Å². The van der Waals surface area contributed by atoms with E-state index in [4.69, 9.17) is 0 Å². The van der Waals surface area contributed by atoms with E-state index >= 15 is 0 Å². The lowest BCUT2D eigenvalue weighted by atomic mass is 10.1. The minimum Gasteiger partial charge on any atom is -0.324 e. The minimum absolute atomic E-state index is 0.164. The quantitative estimate of drug-likeness (QED) is 0.453. The molecule has 0 aliphatic rings. The molecule has 0 atom stereocenters. The standard InChI is InChI=1S/C16H24N4OS/c1-6-12(3)9-8-10-13(4)11-14-15(21)20(17-5)16(19-18-14)22-7-2/h6,8-9,17H,4,7,10-11H2,1-3,5H3/b9-8-,12-6-. The molecule has 120 valence electrons. The van der Waals surface area contributed by atoms with Crippen molar-refractivity contribution < 1.29 is 0 Å². The third kappa shape index (κ3) is 5.18. The first-order chi connectivity index (χ1) is 10.5. The van der Waals surface area contributed by atoms with Gasteiger partial charge in [0.1, 0.15) is 5.69 Å². The first-order valence-corrected chi connectivity index (χ1v) is 8.27. The fraction of sp³-hybridized carbons (Fsp3) is 0.438. The number of thioether (sulfide) groups is 1. The van der Waals surface area contributed by atoms with E-state index in [2.05, 4.69) is 22.2 Å². The van der Waals surface area contributed by atoms with Crippen LogP contribution in [0.15, 0.2) is 45.9 Å². The predicted octanol–water partition coefficient (Wildman–Crippen LogP) is 2.93. The van der Waals surface area contributed by atoms with Crippen LogP contribution in [0.25, 0.3) is 0 Å². The maximum absolute atomic E-state index is 12.4. The Morgan fingerprint density at radius 2 is 2.18 bits per heavy atom. The Bertz CT molecular complexity index is 632. The Morgan fingerprint density at radius 3 is 2.77 bits per heavy atom. The highest BCUT2D eigenvalue weighted by molar-refractivity contribution is 7.99. The lowest BCUT2D eigenvalue weighted by molar-refractivity contribution is 0.648. The highest BCUT2D eigenvalue weighted by atomic mass is 32.2. The van der Waals surface area contributed by atoms with Gasteiger partial charge in [-0.15, -0.1) is 10.2 Å². The van der Waals surface area contributed by atoms with E-state index in [1.165, 1.54) is 22.0 Å². The molecule has 1 rings (SSSR count). The van der Waals surface area contributed by atoms with Crippen molar-refractivity contribution in [1.29, 1.82) is 0 Å². The van der Waals surface area contributed by atoms with Gasteiger partial charge in [-0.3, -0.25) is 4.79 Å². The van der Waals surface area contributed by atoms with Gasteiger partial charge in [-0.05, 0) is 26.0 Å². The zero-order valence-electron chi connectivity index (χ0n) is 13.7. The van der Waals surface area contributed by atoms with Crippen molar-refractivity contribution in [3.8, 4) is 0 Å². The molecule has 0 bridgehead atoms. The number of nitrogens with one attached hydrogen (secondary N) is 1. The van der Waals surface area contributed by atoms with Crippen LogP contribution in [0.1, 0.15) is 32.9 Å². The molecule has 0 saturated carbocycles. The summed E-state index contributed by atoms with van der Waals surface area (Å²) in [6.45, 7) is 10.1. The molecule has 0 aromatic carbocycles. The number of hydrogen-bond acceptors (Lipinski definition) is 5. The van der Waals surface area contributed by atoms with Crippen molar-refractivity contribution >= 4 is 11.8 Å². The van der Waals surface area contributed by atoms with Gasteiger partial charge in [-0.2, -0.15) is 4.68 Å². The molecule has 0 amide bonds. The van der Waals surface area contributed by atoms with Crippen molar-refractivity contribution in [1.82, 2.24) is 14.9 Å². The molecule has 5 nitrogen and oxygen atoms in total. The minimum atomic E-state index is -0.164. The van der Waals surface area contributed by atoms with Crippen LogP contribution in [-0.2, 0) is 6.42 Å². The van der Waals surface area contributed by atoms with Gasteiger partial charge in [0.2, 0.25) is 5.16 Å². The highest BCUT2D eigenvalue weighted by Crippen LogP contribution is 2.12. The monoisotopic (exact) mass is 320 g/mol. The summed E-state index contributed by atoms with van der Waals surface area (Å²) in [7, 11) is 1.70. The van der Waals surface area contributed by atoms with E-state index in [0.717, 1.165) is 17.7 Å². The van der Waals surface area contributed by atoms with Crippen molar-refractivity contribution in [2.75, 3.05) is 18.2 Å². The topological polar surface area (TPSA) is 59.8 Å². The van der Waals surface area contributed by atoms with Gasteiger partial charge >= 0.3 is 0 Å². The summed E-state index contributed by atoms with van der Waals surface area (Å²) in [6, 6.07) is 0. The van der Waals surface area contributed by atoms with Crippen LogP contribution in [0.3, 0.4) is 0 Å². The fourth-order valence-corrected chi connectivity index (χ4v) is 2.41. The molecule has 1 aromatic rings. The second-order valence-corrected chi connectivity index (χ2v) is 6.02. The smallest absolute Gasteiger partial charge is 0.295 e. The zero-order valence-corrected chi connectivity index (χ0v) is 14.5.